The molecule has 0 bridgehead atoms. The van der Waals surface area contributed by atoms with Crippen LogP contribution in [0.1, 0.15) is 5.69 Å². The van der Waals surface area contributed by atoms with Crippen LogP contribution >= 0.6 is 11.6 Å². The Kier molecular flexibility index (Phi) is 2.91. The topological polar surface area (TPSA) is 33.1 Å². The van der Waals surface area contributed by atoms with E-state index in [0.29, 0.717) is 10.7 Å². The molecule has 1 heterocycles. The zero-order valence-electron chi connectivity index (χ0n) is 5.71. The maximum atomic E-state index is 8.36. The lowest BCUT2D eigenvalue weighted by Crippen LogP contribution is -1.81. The Labute approximate surface area is 69.8 Å². The monoisotopic (exact) mass is 167 g/mol. The Hall–Kier alpha value is -1.04. The highest BCUT2D eigenvalue weighted by atomic mass is 35.5. The van der Waals surface area contributed by atoms with Crippen LogP contribution in [0.25, 0.3) is 0 Å². The molecule has 1 N–H and O–H groups in total. The highest BCUT2D eigenvalue weighted by Crippen LogP contribution is 2.06. The van der Waals surface area contributed by atoms with E-state index in [-0.39, 0.29) is 6.61 Å². The van der Waals surface area contributed by atoms with Crippen LogP contribution in [0.3, 0.4) is 0 Å². The fourth-order valence-corrected chi connectivity index (χ4v) is 0.763. The standard InChI is InChI=1S/C8H6ClNO/c9-7-3-4-10-8(6-7)2-1-5-11/h3-4,6,11H,5H2. The van der Waals surface area contributed by atoms with Gasteiger partial charge in [0.1, 0.15) is 12.3 Å². The van der Waals surface area contributed by atoms with Crippen molar-refractivity contribution in [3.05, 3.63) is 29.0 Å². The quantitative estimate of drug-likeness (QED) is 0.587. The fourth-order valence-electron chi connectivity index (χ4n) is 0.603. The molecule has 3 heteroatoms. The minimum Gasteiger partial charge on any atom is -0.384 e. The van der Waals surface area contributed by atoms with Crippen molar-refractivity contribution < 1.29 is 5.11 Å². The molecule has 1 aromatic heterocycles. The lowest BCUT2D eigenvalue weighted by Gasteiger charge is -1.88. The normalized spacial score (nSPS) is 8.55. The van der Waals surface area contributed by atoms with Crippen LogP contribution in [0.2, 0.25) is 5.02 Å². The van der Waals surface area contributed by atoms with Gasteiger partial charge in [0.25, 0.3) is 0 Å². The molecule has 1 rings (SSSR count). The van der Waals surface area contributed by atoms with Gasteiger partial charge in [-0.15, -0.1) is 0 Å². The molecule has 1 aromatic rings. The molecular formula is C8H6ClNO. The Morgan fingerprint density at radius 1 is 1.64 bits per heavy atom. The molecule has 0 aliphatic heterocycles. The Morgan fingerprint density at radius 2 is 2.45 bits per heavy atom. The summed E-state index contributed by atoms with van der Waals surface area (Å²) >= 11 is 5.65. The molecule has 56 valence electrons. The molecular weight excluding hydrogens is 162 g/mol. The number of aliphatic hydroxyl groups excluding tert-OH is 1. The molecule has 0 aliphatic carbocycles. The van der Waals surface area contributed by atoms with Gasteiger partial charge in [-0.3, -0.25) is 0 Å². The number of rotatable bonds is 0. The van der Waals surface area contributed by atoms with E-state index in [9.17, 15) is 0 Å². The average Bonchev–Trinajstić information content (AvgIpc) is 2.01. The summed E-state index contributed by atoms with van der Waals surface area (Å²) in [6.45, 7) is -0.159. The number of hydrogen-bond acceptors (Lipinski definition) is 2. The summed E-state index contributed by atoms with van der Waals surface area (Å²) in [7, 11) is 0. The summed E-state index contributed by atoms with van der Waals surface area (Å²) in [6.07, 6.45) is 1.57. The fraction of sp³-hybridized carbons (Fsp3) is 0.125. The first kappa shape index (κ1) is 8.06. The predicted molar refractivity (Wildman–Crippen MR) is 43.2 cm³/mol. The number of hydrogen-bond donors (Lipinski definition) is 1. The van der Waals surface area contributed by atoms with Crippen molar-refractivity contribution in [2.75, 3.05) is 6.61 Å². The number of halogens is 1. The minimum absolute atomic E-state index is 0.159. The van der Waals surface area contributed by atoms with Gasteiger partial charge < -0.3 is 5.11 Å². The van der Waals surface area contributed by atoms with Gasteiger partial charge in [0, 0.05) is 11.2 Å². The molecule has 0 atom stereocenters. The molecule has 0 fully saturated rings. The lowest BCUT2D eigenvalue weighted by molar-refractivity contribution is 0.350. The van der Waals surface area contributed by atoms with E-state index in [1.54, 1.807) is 18.3 Å². The van der Waals surface area contributed by atoms with Gasteiger partial charge in [-0.2, -0.15) is 0 Å². The maximum absolute atomic E-state index is 8.36. The minimum atomic E-state index is -0.159. The van der Waals surface area contributed by atoms with E-state index < -0.39 is 0 Å². The molecule has 0 saturated carbocycles. The molecule has 0 amide bonds. The first-order valence-corrected chi connectivity index (χ1v) is 3.42. The Balaban J connectivity index is 2.87. The zero-order valence-corrected chi connectivity index (χ0v) is 6.47. The largest absolute Gasteiger partial charge is 0.384 e. The van der Waals surface area contributed by atoms with E-state index >= 15 is 0 Å². The third-order valence-corrected chi connectivity index (χ3v) is 1.25. The summed E-state index contributed by atoms with van der Waals surface area (Å²) in [5, 5.41) is 8.96. The van der Waals surface area contributed by atoms with Crippen molar-refractivity contribution in [2.45, 2.75) is 0 Å². The van der Waals surface area contributed by atoms with Crippen molar-refractivity contribution in [1.82, 2.24) is 4.98 Å². The molecule has 0 radical (unpaired) electrons. The number of aliphatic hydroxyl groups is 1. The van der Waals surface area contributed by atoms with Gasteiger partial charge in [-0.05, 0) is 18.1 Å². The third-order valence-electron chi connectivity index (χ3n) is 1.02. The average molecular weight is 168 g/mol. The highest BCUT2D eigenvalue weighted by molar-refractivity contribution is 6.30. The molecule has 0 saturated heterocycles. The molecule has 2 nitrogen and oxygen atoms in total. The van der Waals surface area contributed by atoms with Crippen LogP contribution in [0.5, 0.6) is 0 Å². The van der Waals surface area contributed by atoms with Crippen molar-refractivity contribution in [2.24, 2.45) is 0 Å². The second-order valence-corrected chi connectivity index (χ2v) is 2.26. The Bertz CT molecular complexity index is 300. The second-order valence-electron chi connectivity index (χ2n) is 1.82. The van der Waals surface area contributed by atoms with Gasteiger partial charge in [0.05, 0.1) is 0 Å². The molecule has 0 aromatic carbocycles. The van der Waals surface area contributed by atoms with Crippen LogP contribution in [0.15, 0.2) is 18.3 Å². The lowest BCUT2D eigenvalue weighted by atomic mass is 10.3. The predicted octanol–water partition coefficient (Wildman–Crippen LogP) is 1.08. The van der Waals surface area contributed by atoms with Crippen LogP contribution in [-0.2, 0) is 0 Å². The molecule has 0 aliphatic rings. The summed E-state index contributed by atoms with van der Waals surface area (Å²) < 4.78 is 0. The van der Waals surface area contributed by atoms with Crippen molar-refractivity contribution >= 4 is 11.6 Å². The third kappa shape index (κ3) is 2.58. The summed E-state index contributed by atoms with van der Waals surface area (Å²) in [4.78, 5) is 3.91. The van der Waals surface area contributed by atoms with Gasteiger partial charge in [-0.25, -0.2) is 4.98 Å². The van der Waals surface area contributed by atoms with Crippen LogP contribution in [0.4, 0.5) is 0 Å². The Morgan fingerprint density at radius 3 is 3.09 bits per heavy atom. The summed E-state index contributed by atoms with van der Waals surface area (Å²) in [6, 6.07) is 3.32. The van der Waals surface area contributed by atoms with Crippen molar-refractivity contribution in [1.29, 1.82) is 0 Å². The first-order chi connectivity index (χ1) is 5.33. The maximum Gasteiger partial charge on any atom is 0.114 e. The van der Waals surface area contributed by atoms with Crippen molar-refractivity contribution in [3.8, 4) is 11.8 Å². The number of nitrogens with zero attached hydrogens (tertiary/aromatic N) is 1. The number of pyridine rings is 1. The van der Waals surface area contributed by atoms with Crippen LogP contribution in [-0.4, -0.2) is 16.7 Å². The van der Waals surface area contributed by atoms with Gasteiger partial charge >= 0.3 is 0 Å². The molecule has 11 heavy (non-hydrogen) atoms. The SMILES string of the molecule is OCC#Cc1cc(Cl)ccn1. The smallest absolute Gasteiger partial charge is 0.114 e. The second kappa shape index (κ2) is 3.97. The molecule has 0 spiro atoms. The van der Waals surface area contributed by atoms with Crippen LogP contribution in [0, 0.1) is 11.8 Å². The van der Waals surface area contributed by atoms with E-state index in [1.807, 2.05) is 0 Å². The summed E-state index contributed by atoms with van der Waals surface area (Å²) in [5.41, 5.74) is 0.576. The van der Waals surface area contributed by atoms with Gasteiger partial charge in [0.2, 0.25) is 0 Å². The van der Waals surface area contributed by atoms with Crippen molar-refractivity contribution in [3.63, 3.8) is 0 Å². The van der Waals surface area contributed by atoms with Gasteiger partial charge in [0.15, 0.2) is 0 Å². The summed E-state index contributed by atoms with van der Waals surface area (Å²) in [5.74, 6) is 5.12. The van der Waals surface area contributed by atoms with E-state index in [0.717, 1.165) is 0 Å². The van der Waals surface area contributed by atoms with E-state index in [1.165, 1.54) is 0 Å². The zero-order chi connectivity index (χ0) is 8.10. The first-order valence-electron chi connectivity index (χ1n) is 3.04. The van der Waals surface area contributed by atoms with Crippen LogP contribution < -0.4 is 0 Å². The highest BCUT2D eigenvalue weighted by Gasteiger charge is 1.88. The van der Waals surface area contributed by atoms with Gasteiger partial charge in [-0.1, -0.05) is 17.5 Å². The number of aromatic nitrogens is 1. The van der Waals surface area contributed by atoms with E-state index in [4.69, 9.17) is 16.7 Å². The molecule has 0 unspecified atom stereocenters. The van der Waals surface area contributed by atoms with E-state index in [2.05, 4.69) is 16.8 Å².